The van der Waals surface area contributed by atoms with Crippen LogP contribution in [0.4, 0.5) is 0 Å². The van der Waals surface area contributed by atoms with E-state index in [0.717, 1.165) is 10.4 Å². The number of hydrogen-bond donors (Lipinski definition) is 2. The summed E-state index contributed by atoms with van der Waals surface area (Å²) in [4.78, 5) is 41.1. The summed E-state index contributed by atoms with van der Waals surface area (Å²) in [5, 5.41) is 5.39. The molecule has 0 aliphatic heterocycles. The van der Waals surface area contributed by atoms with Gasteiger partial charge in [0.15, 0.2) is 0 Å². The minimum atomic E-state index is -0.411. The first kappa shape index (κ1) is 15.2. The molecule has 8 heteroatoms. The molecular formula is C13H16N4O3S. The number of rotatable bonds is 4. The van der Waals surface area contributed by atoms with E-state index in [4.69, 9.17) is 0 Å². The zero-order valence-corrected chi connectivity index (χ0v) is 12.8. The van der Waals surface area contributed by atoms with Gasteiger partial charge in [0, 0.05) is 11.9 Å². The Labute approximate surface area is 125 Å². The van der Waals surface area contributed by atoms with Gasteiger partial charge in [-0.2, -0.15) is 0 Å². The lowest BCUT2D eigenvalue weighted by atomic mass is 10.2. The summed E-state index contributed by atoms with van der Waals surface area (Å²) in [6, 6.07) is 0. The quantitative estimate of drug-likeness (QED) is 0.827. The fourth-order valence-electron chi connectivity index (χ4n) is 1.86. The Bertz CT molecular complexity index is 763. The summed E-state index contributed by atoms with van der Waals surface area (Å²) in [7, 11) is 1.48. The largest absolute Gasteiger partial charge is 0.358 e. The average Bonchev–Trinajstić information content (AvgIpc) is 2.75. The molecule has 7 nitrogen and oxygen atoms in total. The third-order valence-electron chi connectivity index (χ3n) is 3.19. The Hall–Kier alpha value is -2.22. The van der Waals surface area contributed by atoms with Crippen molar-refractivity contribution in [2.45, 2.75) is 20.4 Å². The van der Waals surface area contributed by atoms with Crippen molar-refractivity contribution in [1.82, 2.24) is 20.2 Å². The van der Waals surface area contributed by atoms with Gasteiger partial charge in [-0.05, 0) is 19.4 Å². The molecule has 0 unspecified atom stereocenters. The number of nitrogens with zero attached hydrogens (tertiary/aromatic N) is 2. The van der Waals surface area contributed by atoms with E-state index in [0.29, 0.717) is 10.2 Å². The Kier molecular flexibility index (Phi) is 4.37. The van der Waals surface area contributed by atoms with Gasteiger partial charge in [0.25, 0.3) is 5.56 Å². The molecule has 21 heavy (non-hydrogen) atoms. The fourth-order valence-corrected chi connectivity index (χ4v) is 2.85. The first-order valence-electron chi connectivity index (χ1n) is 6.36. The van der Waals surface area contributed by atoms with E-state index in [1.807, 2.05) is 13.8 Å². The highest BCUT2D eigenvalue weighted by Gasteiger charge is 2.13. The van der Waals surface area contributed by atoms with Crippen LogP contribution in [0.2, 0.25) is 0 Å². The van der Waals surface area contributed by atoms with E-state index in [2.05, 4.69) is 15.6 Å². The van der Waals surface area contributed by atoms with Crippen LogP contribution in [0.25, 0.3) is 10.2 Å². The van der Waals surface area contributed by atoms with Crippen LogP contribution in [0.5, 0.6) is 0 Å². The monoisotopic (exact) mass is 308 g/mol. The van der Waals surface area contributed by atoms with Crippen LogP contribution >= 0.6 is 11.3 Å². The average molecular weight is 308 g/mol. The molecule has 2 heterocycles. The number of aromatic nitrogens is 2. The van der Waals surface area contributed by atoms with Crippen molar-refractivity contribution >= 4 is 33.4 Å². The van der Waals surface area contributed by atoms with Crippen molar-refractivity contribution in [2.75, 3.05) is 13.6 Å². The Morgan fingerprint density at radius 1 is 1.33 bits per heavy atom. The summed E-state index contributed by atoms with van der Waals surface area (Å²) in [6.45, 7) is 3.53. The van der Waals surface area contributed by atoms with Crippen molar-refractivity contribution in [3.05, 3.63) is 27.1 Å². The van der Waals surface area contributed by atoms with Gasteiger partial charge >= 0.3 is 0 Å². The molecule has 2 amide bonds. The Morgan fingerprint density at radius 3 is 2.71 bits per heavy atom. The smallest absolute Gasteiger partial charge is 0.262 e. The van der Waals surface area contributed by atoms with Crippen LogP contribution < -0.4 is 16.2 Å². The predicted molar refractivity (Wildman–Crippen MR) is 80.4 cm³/mol. The topological polar surface area (TPSA) is 93.1 Å². The second-order valence-corrected chi connectivity index (χ2v) is 5.79. The molecule has 2 rings (SSSR count). The molecule has 0 radical (unpaired) electrons. The summed E-state index contributed by atoms with van der Waals surface area (Å²) in [6.07, 6.45) is 1.36. The lowest BCUT2D eigenvalue weighted by Gasteiger charge is -2.06. The van der Waals surface area contributed by atoms with Gasteiger partial charge < -0.3 is 10.6 Å². The SMILES string of the molecule is CNC(=O)CNC(=O)Cn1cnc2sc(C)c(C)c2c1=O. The lowest BCUT2D eigenvalue weighted by Crippen LogP contribution is -2.38. The number of amides is 2. The molecule has 0 saturated heterocycles. The fraction of sp³-hybridized carbons (Fsp3) is 0.385. The van der Waals surface area contributed by atoms with Crippen molar-refractivity contribution < 1.29 is 9.59 Å². The molecule has 0 aromatic carbocycles. The molecule has 0 spiro atoms. The van der Waals surface area contributed by atoms with Gasteiger partial charge in [0.05, 0.1) is 18.3 Å². The number of thiophene rings is 1. The van der Waals surface area contributed by atoms with Crippen molar-refractivity contribution in [3.8, 4) is 0 Å². The van der Waals surface area contributed by atoms with E-state index in [9.17, 15) is 14.4 Å². The van der Waals surface area contributed by atoms with Crippen molar-refractivity contribution in [2.24, 2.45) is 0 Å². The number of hydrogen-bond acceptors (Lipinski definition) is 5. The molecule has 2 aromatic rings. The van der Waals surface area contributed by atoms with Gasteiger partial charge in [-0.15, -0.1) is 11.3 Å². The van der Waals surface area contributed by atoms with Crippen LogP contribution in [-0.2, 0) is 16.1 Å². The number of nitrogens with one attached hydrogen (secondary N) is 2. The van der Waals surface area contributed by atoms with Gasteiger partial charge in [-0.1, -0.05) is 0 Å². The summed E-state index contributed by atoms with van der Waals surface area (Å²) < 4.78 is 1.25. The normalized spacial score (nSPS) is 10.6. The van der Waals surface area contributed by atoms with Crippen LogP contribution in [-0.4, -0.2) is 35.0 Å². The van der Waals surface area contributed by atoms with Crippen LogP contribution in [0.3, 0.4) is 0 Å². The van der Waals surface area contributed by atoms with E-state index < -0.39 is 5.91 Å². The van der Waals surface area contributed by atoms with Crippen molar-refractivity contribution in [1.29, 1.82) is 0 Å². The van der Waals surface area contributed by atoms with E-state index in [1.165, 1.54) is 29.3 Å². The standard InChI is InChI=1S/C13H16N4O3S/c1-7-8(2)21-12-11(7)13(20)17(6-16-12)5-10(19)15-4-9(18)14-3/h6H,4-5H2,1-3H3,(H,14,18)(H,15,19). The summed E-state index contributed by atoms with van der Waals surface area (Å²) in [5.41, 5.74) is 0.657. The molecule has 0 saturated carbocycles. The third-order valence-corrected chi connectivity index (χ3v) is 4.31. The van der Waals surface area contributed by atoms with Gasteiger partial charge in [0.2, 0.25) is 11.8 Å². The molecule has 0 bridgehead atoms. The Balaban J connectivity index is 2.21. The predicted octanol–water partition coefficient (Wildman–Crippen LogP) is -0.0630. The van der Waals surface area contributed by atoms with Gasteiger partial charge in [-0.3, -0.25) is 19.0 Å². The number of likely N-dealkylation sites (N-methyl/N-ethyl adjacent to an activating group) is 1. The molecule has 0 aliphatic carbocycles. The summed E-state index contributed by atoms with van der Waals surface area (Å²) in [5.74, 6) is -0.708. The number of carbonyl (C=O) groups excluding carboxylic acids is 2. The minimum Gasteiger partial charge on any atom is -0.358 e. The molecular weight excluding hydrogens is 292 g/mol. The molecule has 0 atom stereocenters. The maximum atomic E-state index is 12.4. The number of carbonyl (C=O) groups is 2. The molecule has 0 fully saturated rings. The van der Waals surface area contributed by atoms with Crippen molar-refractivity contribution in [3.63, 3.8) is 0 Å². The summed E-state index contributed by atoms with van der Waals surface area (Å²) >= 11 is 1.46. The molecule has 0 aliphatic rings. The molecule has 2 N–H and O–H groups in total. The first-order valence-corrected chi connectivity index (χ1v) is 7.18. The highest BCUT2D eigenvalue weighted by atomic mass is 32.1. The second kappa shape index (κ2) is 6.04. The second-order valence-electron chi connectivity index (χ2n) is 4.59. The number of aryl methyl sites for hydroxylation is 2. The third kappa shape index (κ3) is 3.10. The van der Waals surface area contributed by atoms with Crippen LogP contribution in [0.15, 0.2) is 11.1 Å². The van der Waals surface area contributed by atoms with E-state index in [1.54, 1.807) is 0 Å². The van der Waals surface area contributed by atoms with Crippen LogP contribution in [0, 0.1) is 13.8 Å². The van der Waals surface area contributed by atoms with E-state index >= 15 is 0 Å². The Morgan fingerprint density at radius 2 is 2.05 bits per heavy atom. The number of fused-ring (bicyclic) bond motifs is 1. The molecule has 2 aromatic heterocycles. The zero-order chi connectivity index (χ0) is 15.6. The van der Waals surface area contributed by atoms with Gasteiger partial charge in [0.1, 0.15) is 11.4 Å². The molecule has 112 valence electrons. The van der Waals surface area contributed by atoms with Gasteiger partial charge in [-0.25, -0.2) is 4.98 Å². The maximum absolute atomic E-state index is 12.4. The van der Waals surface area contributed by atoms with E-state index in [-0.39, 0.29) is 24.6 Å². The minimum absolute atomic E-state index is 0.115. The highest BCUT2D eigenvalue weighted by molar-refractivity contribution is 7.18. The zero-order valence-electron chi connectivity index (χ0n) is 12.0. The van der Waals surface area contributed by atoms with Crippen LogP contribution in [0.1, 0.15) is 10.4 Å². The highest BCUT2D eigenvalue weighted by Crippen LogP contribution is 2.25. The first-order chi connectivity index (χ1) is 9.93. The lowest BCUT2D eigenvalue weighted by molar-refractivity contribution is -0.126. The maximum Gasteiger partial charge on any atom is 0.262 e.